The molecule has 3 saturated heterocycles. The first-order valence-electron chi connectivity index (χ1n) is 13.1. The van der Waals surface area contributed by atoms with Gasteiger partial charge in [-0.25, -0.2) is 32.9 Å². The first kappa shape index (κ1) is 31.1. The zero-order valence-corrected chi connectivity index (χ0v) is 25.9. The predicted octanol–water partition coefficient (Wildman–Crippen LogP) is 2.25. The average molecular weight is 711 g/mol. The van der Waals surface area contributed by atoms with Gasteiger partial charge in [-0.1, -0.05) is 24.5 Å². The lowest BCUT2D eigenvalue weighted by Gasteiger charge is -2.26. The number of hydrogen-bond donors (Lipinski definition) is 4. The van der Waals surface area contributed by atoms with E-state index in [4.69, 9.17) is 33.3 Å². The topological polar surface area (TPSA) is 226 Å². The van der Waals surface area contributed by atoms with Gasteiger partial charge in [0.25, 0.3) is 5.56 Å². The van der Waals surface area contributed by atoms with E-state index in [0.717, 1.165) is 21.8 Å². The molecule has 3 N–H and O–H groups in total. The fraction of sp³-hybridized carbons (Fsp3) is 0.524. The second-order valence-electron chi connectivity index (χ2n) is 10.2. The summed E-state index contributed by atoms with van der Waals surface area (Å²) in [6.45, 7) is -10.5. The van der Waals surface area contributed by atoms with Crippen molar-refractivity contribution >= 4 is 73.0 Å². The fourth-order valence-corrected chi connectivity index (χ4v) is 8.29. The SMILES string of the molecule is Nc1nc2c(ncn2[C@@H]2O[C@@H]3CO[P@@](=O)(S)O[C@H]4[C@H](F)[C@H](n5cnc6c5N=CCC6=O)O[C@@H]4CO[P@@](=O)(S)OC2[C@@H]3F)c(=O)[nH]1. The molecular weight excluding hydrogens is 688 g/mol. The van der Waals surface area contributed by atoms with Gasteiger partial charge in [-0.3, -0.25) is 41.8 Å². The molecule has 18 nitrogen and oxygen atoms in total. The zero-order valence-electron chi connectivity index (χ0n) is 22.4. The summed E-state index contributed by atoms with van der Waals surface area (Å²) in [7, 11) is 0. The number of aliphatic imine (C=N–C) groups is 1. The Hall–Kier alpha value is -2.52. The van der Waals surface area contributed by atoms with Gasteiger partial charge in [0.15, 0.2) is 53.3 Å². The molecule has 0 radical (unpaired) electrons. The molecule has 4 aliphatic heterocycles. The summed E-state index contributed by atoms with van der Waals surface area (Å²) in [5.41, 5.74) is 4.70. The second kappa shape index (κ2) is 11.3. The normalized spacial score (nSPS) is 38.8. The number of H-pyrrole nitrogens is 1. The van der Waals surface area contributed by atoms with Gasteiger partial charge in [0.1, 0.15) is 24.4 Å². The fourth-order valence-electron chi connectivity index (χ4n) is 5.35. The van der Waals surface area contributed by atoms with Crippen LogP contribution in [0.15, 0.2) is 22.4 Å². The Balaban J connectivity index is 1.20. The van der Waals surface area contributed by atoms with Gasteiger partial charge in [0.05, 0.1) is 25.9 Å². The van der Waals surface area contributed by atoms with Crippen molar-refractivity contribution in [3.63, 3.8) is 0 Å². The van der Waals surface area contributed by atoms with E-state index in [1.807, 2.05) is 0 Å². The van der Waals surface area contributed by atoms with Crippen molar-refractivity contribution < 1.29 is 50.3 Å². The van der Waals surface area contributed by atoms with Crippen LogP contribution in [0.25, 0.3) is 11.2 Å². The lowest BCUT2D eigenvalue weighted by molar-refractivity contribution is -0.0566. The van der Waals surface area contributed by atoms with Crippen LogP contribution >= 0.6 is 38.1 Å². The van der Waals surface area contributed by atoms with E-state index in [-0.39, 0.29) is 40.8 Å². The first-order valence-corrected chi connectivity index (χ1v) is 18.5. The number of ketones is 1. The Morgan fingerprint density at radius 3 is 2.36 bits per heavy atom. The van der Waals surface area contributed by atoms with Crippen molar-refractivity contribution in [2.75, 3.05) is 18.9 Å². The largest absolute Gasteiger partial charge is 0.386 e. The van der Waals surface area contributed by atoms with Crippen LogP contribution in [0, 0.1) is 0 Å². The van der Waals surface area contributed by atoms with Gasteiger partial charge < -0.3 is 15.2 Å². The molecule has 3 aromatic heterocycles. The maximum absolute atomic E-state index is 16.0. The summed E-state index contributed by atoms with van der Waals surface area (Å²) in [5.74, 6) is -0.585. The number of hydrogen-bond acceptors (Lipinski definition) is 15. The first-order chi connectivity index (χ1) is 21.3. The number of aromatic amines is 1. The molecule has 0 aliphatic carbocycles. The van der Waals surface area contributed by atoms with Crippen LogP contribution in [0.5, 0.6) is 0 Å². The molecular formula is C21H22F2N8O10P2S2. The third-order valence-corrected chi connectivity index (χ3v) is 10.6. The minimum atomic E-state index is -4.51. The number of ether oxygens (including phenoxy) is 2. The van der Waals surface area contributed by atoms with E-state index >= 15 is 8.78 Å². The maximum Gasteiger partial charge on any atom is 0.386 e. The number of halogens is 2. The predicted molar refractivity (Wildman–Crippen MR) is 154 cm³/mol. The lowest BCUT2D eigenvalue weighted by Crippen LogP contribution is -2.33. The second-order valence-corrected chi connectivity index (χ2v) is 16.0. The molecule has 0 aromatic carbocycles. The Morgan fingerprint density at radius 2 is 1.60 bits per heavy atom. The number of nitrogens with zero attached hydrogens (tertiary/aromatic N) is 6. The highest BCUT2D eigenvalue weighted by molar-refractivity contribution is 8.44. The molecule has 2 bridgehead atoms. The molecule has 0 spiro atoms. The number of anilines is 1. The van der Waals surface area contributed by atoms with E-state index in [1.54, 1.807) is 0 Å². The number of thiol groups is 2. The summed E-state index contributed by atoms with van der Waals surface area (Å²) in [4.78, 5) is 42.9. The quantitative estimate of drug-likeness (QED) is 0.221. The number of nitrogen functional groups attached to an aromatic ring is 1. The number of carbonyl (C=O) groups is 1. The molecule has 0 amide bonds. The van der Waals surface area contributed by atoms with Crippen LogP contribution in [-0.4, -0.2) is 91.0 Å². The van der Waals surface area contributed by atoms with E-state index < -0.39 is 81.6 Å². The van der Waals surface area contributed by atoms with E-state index in [0.29, 0.717) is 0 Å². The molecule has 7 heterocycles. The van der Waals surface area contributed by atoms with Gasteiger partial charge >= 0.3 is 13.6 Å². The molecule has 10 atom stereocenters. The summed E-state index contributed by atoms with van der Waals surface area (Å²) in [5, 5.41) is 0. The highest BCUT2D eigenvalue weighted by Gasteiger charge is 2.54. The summed E-state index contributed by atoms with van der Waals surface area (Å²) in [6, 6.07) is 0. The number of nitrogens with one attached hydrogen (secondary N) is 1. The third kappa shape index (κ3) is 5.60. The summed E-state index contributed by atoms with van der Waals surface area (Å²) >= 11 is 7.92. The average Bonchev–Trinajstić information content (AvgIpc) is 3.72. The van der Waals surface area contributed by atoms with Crippen LogP contribution < -0.4 is 11.3 Å². The number of imidazole rings is 2. The number of Topliss-reactive ketones (excluding diaryl/α,β-unsaturated/α-hetero) is 1. The highest BCUT2D eigenvalue weighted by atomic mass is 32.7. The number of nitrogens with two attached hydrogens (primary N) is 1. The lowest BCUT2D eigenvalue weighted by atomic mass is 10.1. The molecule has 45 heavy (non-hydrogen) atoms. The van der Waals surface area contributed by atoms with Gasteiger partial charge in [-0.05, 0) is 0 Å². The molecule has 7 rings (SSSR count). The maximum atomic E-state index is 16.0. The van der Waals surface area contributed by atoms with Crippen LogP contribution in [0.4, 0.5) is 20.5 Å². The molecule has 3 aromatic rings. The van der Waals surface area contributed by atoms with Gasteiger partial charge in [0, 0.05) is 12.6 Å². The van der Waals surface area contributed by atoms with Crippen LogP contribution in [0.3, 0.4) is 0 Å². The smallest absolute Gasteiger partial charge is 0.369 e. The van der Waals surface area contributed by atoms with Gasteiger partial charge in [0.2, 0.25) is 5.95 Å². The van der Waals surface area contributed by atoms with E-state index in [9.17, 15) is 18.7 Å². The van der Waals surface area contributed by atoms with E-state index in [2.05, 4.69) is 49.4 Å². The number of aromatic nitrogens is 6. The van der Waals surface area contributed by atoms with Crippen molar-refractivity contribution in [2.45, 2.75) is 55.6 Å². The standard InChI is InChI=1S/C21H22F2N8O10P2S2/c22-10-8-3-36-42(34,44)40-14-9(39-19(11(14)23)30-5-26-12-7(32)1-2-25-16(12)30)4-37-43(35,45)41-15(10)20(38-8)31-6-27-13-17(31)28-21(24)29-18(13)33/h2,5-6,8-11,14-15,19-20H,1,3-4H2,(H,34,44)(H,35,45)(H3,24,28,29,33)/t8-,9-,10-,11+,14-,15?,19-,20-,42-,43-/m1/s1. The molecule has 0 saturated carbocycles. The number of alkyl halides is 2. The highest BCUT2D eigenvalue weighted by Crippen LogP contribution is 2.60. The zero-order chi connectivity index (χ0) is 31.8. The Morgan fingerprint density at radius 1 is 0.933 bits per heavy atom. The van der Waals surface area contributed by atoms with E-state index in [1.165, 1.54) is 6.21 Å². The van der Waals surface area contributed by atoms with Crippen molar-refractivity contribution in [2.24, 2.45) is 4.99 Å². The number of carbonyl (C=O) groups excluding carboxylic acids is 1. The molecule has 242 valence electrons. The Kier molecular flexibility index (Phi) is 7.82. The van der Waals surface area contributed by atoms with Crippen molar-refractivity contribution in [1.29, 1.82) is 0 Å². The van der Waals surface area contributed by atoms with Crippen LogP contribution in [-0.2, 0) is 36.7 Å². The number of rotatable bonds is 2. The third-order valence-electron chi connectivity index (χ3n) is 7.37. The van der Waals surface area contributed by atoms with Crippen molar-refractivity contribution in [3.05, 3.63) is 28.7 Å². The molecule has 1 unspecified atom stereocenters. The van der Waals surface area contributed by atoms with Crippen LogP contribution in [0.1, 0.15) is 29.4 Å². The minimum absolute atomic E-state index is 0.00281. The molecule has 3 fully saturated rings. The summed E-state index contributed by atoms with van der Waals surface area (Å²) < 4.78 is 94.0. The number of fused-ring (bicyclic) bond motifs is 5. The summed E-state index contributed by atoms with van der Waals surface area (Å²) in [6.07, 6.45) is -10.0. The Bertz CT molecular complexity index is 1880. The van der Waals surface area contributed by atoms with Gasteiger partial charge in [-0.2, -0.15) is 4.98 Å². The minimum Gasteiger partial charge on any atom is -0.369 e. The molecule has 4 aliphatic rings. The van der Waals surface area contributed by atoms with Crippen molar-refractivity contribution in [3.8, 4) is 0 Å². The Labute approximate surface area is 260 Å². The van der Waals surface area contributed by atoms with Gasteiger partial charge in [-0.15, -0.1) is 0 Å². The molecule has 24 heteroatoms. The van der Waals surface area contributed by atoms with Crippen molar-refractivity contribution in [1.82, 2.24) is 29.1 Å². The van der Waals surface area contributed by atoms with Crippen LogP contribution in [0.2, 0.25) is 0 Å². The monoisotopic (exact) mass is 710 g/mol.